The number of ether oxygens (including phenoxy) is 3. The van der Waals surface area contributed by atoms with E-state index in [2.05, 4.69) is 5.32 Å². The number of nitrogens with zero attached hydrogens (tertiary/aromatic N) is 1. The fourth-order valence-electron chi connectivity index (χ4n) is 2.75. The van der Waals surface area contributed by atoms with Crippen molar-refractivity contribution < 1.29 is 23.9 Å². The van der Waals surface area contributed by atoms with Crippen molar-refractivity contribution in [3.8, 4) is 17.2 Å². The molecule has 0 atom stereocenters. The number of carbonyl (C=O) groups excluding carboxylic acids is 1. The maximum atomic E-state index is 12.4. The van der Waals surface area contributed by atoms with Crippen molar-refractivity contribution in [1.29, 1.82) is 0 Å². The van der Waals surface area contributed by atoms with Crippen LogP contribution < -0.4 is 19.5 Å². The molecule has 0 aliphatic carbocycles. The van der Waals surface area contributed by atoms with E-state index in [0.29, 0.717) is 44.3 Å². The number of carbonyl (C=O) groups is 1. The zero-order valence-electron chi connectivity index (χ0n) is 16.9. The molecule has 0 unspecified atom stereocenters. The molecule has 0 saturated carbocycles. The maximum Gasteiger partial charge on any atom is 0.311 e. The fraction of sp³-hybridized carbons (Fsp3) is 0.381. The Labute approximate surface area is 169 Å². The average molecular weight is 402 g/mol. The molecule has 0 saturated heterocycles. The van der Waals surface area contributed by atoms with Crippen LogP contribution in [0.3, 0.4) is 0 Å². The van der Waals surface area contributed by atoms with E-state index in [1.54, 1.807) is 6.92 Å². The molecular formula is C21H26N2O6. The number of hydrogen-bond acceptors (Lipinski definition) is 6. The van der Waals surface area contributed by atoms with Crippen molar-refractivity contribution in [3.63, 3.8) is 0 Å². The molecule has 0 spiro atoms. The lowest BCUT2D eigenvalue weighted by Gasteiger charge is -2.13. The molecular weight excluding hydrogens is 376 g/mol. The largest absolute Gasteiger partial charge is 0.490 e. The first kappa shape index (κ1) is 22.0. The number of benzene rings is 2. The Hall–Kier alpha value is -3.29. The first-order valence-electron chi connectivity index (χ1n) is 9.58. The Kier molecular flexibility index (Phi) is 8.27. The summed E-state index contributed by atoms with van der Waals surface area (Å²) in [4.78, 5) is 23.0. The van der Waals surface area contributed by atoms with Gasteiger partial charge in [-0.1, -0.05) is 6.07 Å². The van der Waals surface area contributed by atoms with Gasteiger partial charge in [-0.3, -0.25) is 14.9 Å². The number of nitro benzene ring substituents is 1. The Morgan fingerprint density at radius 2 is 1.55 bits per heavy atom. The van der Waals surface area contributed by atoms with Crippen LogP contribution in [0.4, 0.5) is 5.69 Å². The van der Waals surface area contributed by atoms with Crippen LogP contribution >= 0.6 is 0 Å². The minimum Gasteiger partial charge on any atom is -0.490 e. The summed E-state index contributed by atoms with van der Waals surface area (Å²) in [7, 11) is 0. The molecule has 1 amide bonds. The Morgan fingerprint density at radius 3 is 2.21 bits per heavy atom. The van der Waals surface area contributed by atoms with Gasteiger partial charge in [0.1, 0.15) is 0 Å². The van der Waals surface area contributed by atoms with E-state index in [1.807, 2.05) is 32.0 Å². The summed E-state index contributed by atoms with van der Waals surface area (Å²) in [6.07, 6.45) is 0.581. The zero-order chi connectivity index (χ0) is 21.2. The van der Waals surface area contributed by atoms with Gasteiger partial charge in [-0.25, -0.2) is 0 Å². The third kappa shape index (κ3) is 6.10. The Balaban J connectivity index is 2.01. The Morgan fingerprint density at radius 1 is 0.931 bits per heavy atom. The summed E-state index contributed by atoms with van der Waals surface area (Å²) >= 11 is 0. The van der Waals surface area contributed by atoms with Crippen LogP contribution in [0.25, 0.3) is 0 Å². The topological polar surface area (TPSA) is 99.9 Å². The second-order valence-corrected chi connectivity index (χ2v) is 6.03. The smallest absolute Gasteiger partial charge is 0.311 e. The standard InChI is InChI=1S/C21H26N2O6/c1-4-27-18-10-8-16(14-17(18)23(25)26)21(24)22-12-11-15-7-9-19(28-5-2)20(13-15)29-6-3/h7-10,13-14H,4-6,11-12H2,1-3H3,(H,22,24). The summed E-state index contributed by atoms with van der Waals surface area (Å²) in [6, 6.07) is 9.84. The lowest BCUT2D eigenvalue weighted by Crippen LogP contribution is -2.25. The van der Waals surface area contributed by atoms with Gasteiger partial charge in [0.05, 0.1) is 24.7 Å². The van der Waals surface area contributed by atoms with Crippen molar-refractivity contribution in [1.82, 2.24) is 5.32 Å². The average Bonchev–Trinajstić information content (AvgIpc) is 2.70. The van der Waals surface area contributed by atoms with Crippen molar-refractivity contribution in [3.05, 3.63) is 57.6 Å². The normalized spacial score (nSPS) is 10.3. The second kappa shape index (κ2) is 10.9. The number of nitro groups is 1. The third-order valence-corrected chi connectivity index (χ3v) is 4.02. The quantitative estimate of drug-likeness (QED) is 0.454. The van der Waals surface area contributed by atoms with Gasteiger partial charge in [-0.05, 0) is 57.0 Å². The van der Waals surface area contributed by atoms with Gasteiger partial charge in [0, 0.05) is 18.2 Å². The van der Waals surface area contributed by atoms with E-state index in [4.69, 9.17) is 14.2 Å². The van der Waals surface area contributed by atoms with Crippen molar-refractivity contribution >= 4 is 11.6 Å². The highest BCUT2D eigenvalue weighted by Gasteiger charge is 2.18. The van der Waals surface area contributed by atoms with Gasteiger partial charge in [0.2, 0.25) is 0 Å². The van der Waals surface area contributed by atoms with Crippen LogP contribution in [0.1, 0.15) is 36.7 Å². The van der Waals surface area contributed by atoms with Crippen LogP contribution in [0.5, 0.6) is 17.2 Å². The van der Waals surface area contributed by atoms with Gasteiger partial charge in [-0.15, -0.1) is 0 Å². The summed E-state index contributed by atoms with van der Waals surface area (Å²) < 4.78 is 16.4. The minimum atomic E-state index is -0.559. The molecule has 0 aliphatic heterocycles. The van der Waals surface area contributed by atoms with E-state index in [1.165, 1.54) is 18.2 Å². The van der Waals surface area contributed by atoms with E-state index >= 15 is 0 Å². The summed E-state index contributed by atoms with van der Waals surface area (Å²) in [5.41, 5.74) is 0.962. The van der Waals surface area contributed by atoms with Gasteiger partial charge in [-0.2, -0.15) is 0 Å². The number of hydrogen-bond donors (Lipinski definition) is 1. The summed E-state index contributed by atoms with van der Waals surface area (Å²) in [6.45, 7) is 7.29. The van der Waals surface area contributed by atoms with E-state index in [-0.39, 0.29) is 22.9 Å². The van der Waals surface area contributed by atoms with Crippen molar-refractivity contribution in [2.24, 2.45) is 0 Å². The van der Waals surface area contributed by atoms with Crippen LogP contribution in [0, 0.1) is 10.1 Å². The molecule has 2 rings (SSSR count). The monoisotopic (exact) mass is 402 g/mol. The maximum absolute atomic E-state index is 12.4. The fourth-order valence-corrected chi connectivity index (χ4v) is 2.75. The van der Waals surface area contributed by atoms with Gasteiger partial charge in [0.25, 0.3) is 5.91 Å². The molecule has 1 N–H and O–H groups in total. The predicted molar refractivity (Wildman–Crippen MR) is 109 cm³/mol. The van der Waals surface area contributed by atoms with Crippen molar-refractivity contribution in [2.75, 3.05) is 26.4 Å². The number of amides is 1. The number of nitrogens with one attached hydrogen (secondary N) is 1. The lowest BCUT2D eigenvalue weighted by molar-refractivity contribution is -0.385. The molecule has 0 heterocycles. The first-order chi connectivity index (χ1) is 14.0. The molecule has 0 aromatic heterocycles. The number of rotatable bonds is 11. The van der Waals surface area contributed by atoms with Gasteiger partial charge in [0.15, 0.2) is 17.2 Å². The minimum absolute atomic E-state index is 0.145. The SMILES string of the molecule is CCOc1ccc(CCNC(=O)c2ccc(OCC)c([N+](=O)[O-])c2)cc1OCC. The van der Waals surface area contributed by atoms with Crippen LogP contribution in [-0.2, 0) is 6.42 Å². The highest BCUT2D eigenvalue weighted by atomic mass is 16.6. The molecule has 156 valence electrons. The van der Waals surface area contributed by atoms with Gasteiger partial charge < -0.3 is 19.5 Å². The molecule has 2 aromatic carbocycles. The first-order valence-corrected chi connectivity index (χ1v) is 9.58. The Bertz CT molecular complexity index is 853. The predicted octanol–water partition coefficient (Wildman–Crippen LogP) is 3.76. The summed E-state index contributed by atoms with van der Waals surface area (Å²) in [5, 5.41) is 14.0. The van der Waals surface area contributed by atoms with E-state index < -0.39 is 4.92 Å². The molecule has 29 heavy (non-hydrogen) atoms. The second-order valence-electron chi connectivity index (χ2n) is 6.03. The molecule has 8 nitrogen and oxygen atoms in total. The van der Waals surface area contributed by atoms with E-state index in [9.17, 15) is 14.9 Å². The third-order valence-electron chi connectivity index (χ3n) is 4.02. The molecule has 8 heteroatoms. The van der Waals surface area contributed by atoms with Crippen molar-refractivity contribution in [2.45, 2.75) is 27.2 Å². The van der Waals surface area contributed by atoms with Gasteiger partial charge >= 0.3 is 5.69 Å². The molecule has 0 aliphatic rings. The zero-order valence-corrected chi connectivity index (χ0v) is 16.9. The summed E-state index contributed by atoms with van der Waals surface area (Å²) in [5.74, 6) is 1.11. The highest BCUT2D eigenvalue weighted by molar-refractivity contribution is 5.95. The van der Waals surface area contributed by atoms with Crippen LogP contribution in [-0.4, -0.2) is 37.2 Å². The molecule has 0 radical (unpaired) electrons. The molecule has 2 aromatic rings. The molecule has 0 bridgehead atoms. The highest BCUT2D eigenvalue weighted by Crippen LogP contribution is 2.29. The van der Waals surface area contributed by atoms with Crippen LogP contribution in [0.15, 0.2) is 36.4 Å². The van der Waals surface area contributed by atoms with Crippen LogP contribution in [0.2, 0.25) is 0 Å². The van der Waals surface area contributed by atoms with E-state index in [0.717, 1.165) is 5.56 Å². The lowest BCUT2D eigenvalue weighted by atomic mass is 10.1. The molecule has 0 fully saturated rings.